The summed E-state index contributed by atoms with van der Waals surface area (Å²) in [5, 5.41) is 10.2. The Bertz CT molecular complexity index is 624. The highest BCUT2D eigenvalue weighted by atomic mass is 16.3. The molecule has 1 atom stereocenters. The maximum atomic E-state index is 10.2. The van der Waals surface area contributed by atoms with Crippen LogP contribution in [0.25, 0.3) is 5.69 Å². The fourth-order valence-electron chi connectivity index (χ4n) is 3.17. The Morgan fingerprint density at radius 3 is 2.74 bits per heavy atom. The van der Waals surface area contributed by atoms with Crippen LogP contribution in [0.1, 0.15) is 47.0 Å². The normalized spacial score (nSPS) is 18.4. The minimum atomic E-state index is -0.284. The molecule has 0 fully saturated rings. The van der Waals surface area contributed by atoms with Gasteiger partial charge in [0.25, 0.3) is 0 Å². The van der Waals surface area contributed by atoms with Crippen LogP contribution in [0.5, 0.6) is 0 Å². The van der Waals surface area contributed by atoms with E-state index < -0.39 is 0 Å². The van der Waals surface area contributed by atoms with Gasteiger partial charge >= 0.3 is 0 Å². The van der Waals surface area contributed by atoms with Gasteiger partial charge in [-0.25, -0.2) is 0 Å². The lowest BCUT2D eigenvalue weighted by Crippen LogP contribution is -2.12. The molecular formula is C17H21NO. The molecule has 0 bridgehead atoms. The van der Waals surface area contributed by atoms with Gasteiger partial charge in [0, 0.05) is 22.6 Å². The van der Waals surface area contributed by atoms with E-state index in [0.29, 0.717) is 0 Å². The first-order valence-electron chi connectivity index (χ1n) is 7.04. The third kappa shape index (κ3) is 2.00. The fraction of sp³-hybridized carbons (Fsp3) is 0.412. The van der Waals surface area contributed by atoms with E-state index in [9.17, 15) is 5.11 Å². The van der Waals surface area contributed by atoms with Crippen molar-refractivity contribution >= 4 is 0 Å². The van der Waals surface area contributed by atoms with Gasteiger partial charge in [0.15, 0.2) is 0 Å². The molecule has 2 aromatic rings. The van der Waals surface area contributed by atoms with E-state index in [-0.39, 0.29) is 6.10 Å². The maximum absolute atomic E-state index is 10.2. The lowest BCUT2D eigenvalue weighted by atomic mass is 9.95. The predicted octanol–water partition coefficient (Wildman–Crippen LogP) is 3.77. The van der Waals surface area contributed by atoms with Gasteiger partial charge in [-0.1, -0.05) is 12.1 Å². The highest BCUT2D eigenvalue weighted by Crippen LogP contribution is 2.34. The molecule has 1 aromatic heterocycles. The van der Waals surface area contributed by atoms with Crippen LogP contribution in [0.3, 0.4) is 0 Å². The van der Waals surface area contributed by atoms with Crippen molar-refractivity contribution in [1.82, 2.24) is 4.57 Å². The summed E-state index contributed by atoms with van der Waals surface area (Å²) in [6.07, 6.45) is 2.74. The summed E-state index contributed by atoms with van der Waals surface area (Å²) < 4.78 is 2.33. The summed E-state index contributed by atoms with van der Waals surface area (Å²) in [7, 11) is 0. The van der Waals surface area contributed by atoms with Crippen molar-refractivity contribution in [3.8, 4) is 5.69 Å². The standard InChI is InChI=1S/C17H21NO/c1-11-7-8-12(2)16(9-11)18-13(3)10-14-15(18)5-4-6-17(14)19/h7-10,17,19H,4-6H2,1-3H3. The van der Waals surface area contributed by atoms with Crippen LogP contribution in [0.15, 0.2) is 24.3 Å². The Kier molecular flexibility index (Phi) is 2.98. The molecule has 100 valence electrons. The molecule has 2 nitrogen and oxygen atoms in total. The van der Waals surface area contributed by atoms with Crippen molar-refractivity contribution in [3.63, 3.8) is 0 Å². The zero-order chi connectivity index (χ0) is 13.6. The first kappa shape index (κ1) is 12.5. The number of aromatic nitrogens is 1. The second kappa shape index (κ2) is 4.53. The summed E-state index contributed by atoms with van der Waals surface area (Å²) in [4.78, 5) is 0. The van der Waals surface area contributed by atoms with Crippen molar-refractivity contribution in [2.75, 3.05) is 0 Å². The SMILES string of the molecule is Cc1ccc(C)c(-n2c(C)cc3c2CCCC3O)c1. The summed E-state index contributed by atoms with van der Waals surface area (Å²) in [6, 6.07) is 8.72. The van der Waals surface area contributed by atoms with Gasteiger partial charge in [-0.2, -0.15) is 0 Å². The lowest BCUT2D eigenvalue weighted by molar-refractivity contribution is 0.156. The van der Waals surface area contributed by atoms with Crippen LogP contribution >= 0.6 is 0 Å². The number of nitrogens with zero attached hydrogens (tertiary/aromatic N) is 1. The zero-order valence-electron chi connectivity index (χ0n) is 11.9. The molecule has 0 saturated carbocycles. The molecule has 0 radical (unpaired) electrons. The van der Waals surface area contributed by atoms with Gasteiger partial charge in [-0.15, -0.1) is 0 Å². The Hall–Kier alpha value is -1.54. The Morgan fingerprint density at radius 1 is 1.16 bits per heavy atom. The molecule has 3 rings (SSSR count). The third-order valence-electron chi connectivity index (χ3n) is 4.18. The second-order valence-electron chi connectivity index (χ2n) is 5.72. The molecule has 19 heavy (non-hydrogen) atoms. The molecule has 0 amide bonds. The van der Waals surface area contributed by atoms with Crippen LogP contribution in [0, 0.1) is 20.8 Å². The predicted molar refractivity (Wildman–Crippen MR) is 77.9 cm³/mol. The quantitative estimate of drug-likeness (QED) is 0.824. The largest absolute Gasteiger partial charge is 0.388 e. The van der Waals surface area contributed by atoms with Crippen LogP contribution in [-0.4, -0.2) is 9.67 Å². The van der Waals surface area contributed by atoms with Crippen LogP contribution < -0.4 is 0 Å². The molecule has 0 saturated heterocycles. The molecule has 2 heteroatoms. The topological polar surface area (TPSA) is 25.2 Å². The lowest BCUT2D eigenvalue weighted by Gasteiger charge is -2.21. The van der Waals surface area contributed by atoms with Gasteiger partial charge in [-0.05, 0) is 63.3 Å². The van der Waals surface area contributed by atoms with Gasteiger partial charge in [0.05, 0.1) is 6.10 Å². The van der Waals surface area contributed by atoms with Crippen molar-refractivity contribution in [2.45, 2.75) is 46.1 Å². The molecule has 1 heterocycles. The Morgan fingerprint density at radius 2 is 1.95 bits per heavy atom. The smallest absolute Gasteiger partial charge is 0.0807 e. The van der Waals surface area contributed by atoms with Crippen LogP contribution in [0.2, 0.25) is 0 Å². The van der Waals surface area contributed by atoms with Gasteiger partial charge in [-0.3, -0.25) is 0 Å². The zero-order valence-corrected chi connectivity index (χ0v) is 11.9. The first-order valence-corrected chi connectivity index (χ1v) is 7.04. The van der Waals surface area contributed by atoms with E-state index in [1.54, 1.807) is 0 Å². The van der Waals surface area contributed by atoms with Crippen LogP contribution in [0.4, 0.5) is 0 Å². The molecular weight excluding hydrogens is 234 g/mol. The maximum Gasteiger partial charge on any atom is 0.0807 e. The number of aryl methyl sites for hydroxylation is 3. The van der Waals surface area contributed by atoms with Crippen molar-refractivity contribution in [1.29, 1.82) is 0 Å². The molecule has 1 aliphatic rings. The van der Waals surface area contributed by atoms with Gasteiger partial charge in [0.2, 0.25) is 0 Å². The highest BCUT2D eigenvalue weighted by Gasteiger charge is 2.24. The number of hydrogen-bond donors (Lipinski definition) is 1. The number of aliphatic hydroxyl groups is 1. The first-order chi connectivity index (χ1) is 9.08. The van der Waals surface area contributed by atoms with Crippen LogP contribution in [-0.2, 0) is 6.42 Å². The van der Waals surface area contributed by atoms with E-state index in [1.165, 1.54) is 28.2 Å². The van der Waals surface area contributed by atoms with Crippen molar-refractivity contribution in [3.05, 3.63) is 52.3 Å². The van der Waals surface area contributed by atoms with Crippen molar-refractivity contribution < 1.29 is 5.11 Å². The van der Waals surface area contributed by atoms with E-state index in [0.717, 1.165) is 24.8 Å². The minimum Gasteiger partial charge on any atom is -0.388 e. The molecule has 0 spiro atoms. The summed E-state index contributed by atoms with van der Waals surface area (Å²) >= 11 is 0. The molecule has 1 N–H and O–H groups in total. The summed E-state index contributed by atoms with van der Waals surface area (Å²) in [5.41, 5.74) is 7.47. The second-order valence-corrected chi connectivity index (χ2v) is 5.72. The molecule has 0 aliphatic heterocycles. The average molecular weight is 255 g/mol. The van der Waals surface area contributed by atoms with E-state index in [4.69, 9.17) is 0 Å². The van der Waals surface area contributed by atoms with E-state index >= 15 is 0 Å². The molecule has 1 aliphatic carbocycles. The average Bonchev–Trinajstić information content (AvgIpc) is 2.70. The van der Waals surface area contributed by atoms with Crippen molar-refractivity contribution in [2.24, 2.45) is 0 Å². The number of benzene rings is 1. The number of hydrogen-bond acceptors (Lipinski definition) is 1. The minimum absolute atomic E-state index is 0.284. The fourth-order valence-corrected chi connectivity index (χ4v) is 3.17. The molecule has 1 aromatic carbocycles. The molecule has 1 unspecified atom stereocenters. The number of fused-ring (bicyclic) bond motifs is 1. The summed E-state index contributed by atoms with van der Waals surface area (Å²) in [6.45, 7) is 6.41. The van der Waals surface area contributed by atoms with E-state index in [2.05, 4.69) is 49.6 Å². The monoisotopic (exact) mass is 255 g/mol. The van der Waals surface area contributed by atoms with Gasteiger partial charge in [0.1, 0.15) is 0 Å². The number of aliphatic hydroxyl groups excluding tert-OH is 1. The van der Waals surface area contributed by atoms with E-state index in [1.807, 2.05) is 0 Å². The third-order valence-corrected chi connectivity index (χ3v) is 4.18. The van der Waals surface area contributed by atoms with Gasteiger partial charge < -0.3 is 9.67 Å². The Balaban J connectivity index is 2.23. The summed E-state index contributed by atoms with van der Waals surface area (Å²) in [5.74, 6) is 0. The number of rotatable bonds is 1. The highest BCUT2D eigenvalue weighted by molar-refractivity contribution is 5.49. The Labute approximate surface area is 114 Å².